The topological polar surface area (TPSA) is 35.7 Å². The molecule has 0 saturated heterocycles. The highest BCUT2D eigenvalue weighted by molar-refractivity contribution is 9.15. The summed E-state index contributed by atoms with van der Waals surface area (Å²) in [4.78, 5) is 7.99. The van der Waals surface area contributed by atoms with E-state index in [2.05, 4.69) is 413 Å². The molecule has 118 heavy (non-hydrogen) atoms. The van der Waals surface area contributed by atoms with Gasteiger partial charge in [-0.2, -0.15) is 0 Å². The molecule has 4 atom stereocenters. The van der Waals surface area contributed by atoms with Gasteiger partial charge in [0.25, 0.3) is 0 Å². The van der Waals surface area contributed by atoms with E-state index < -0.39 is 0 Å². The summed E-state index contributed by atoms with van der Waals surface area (Å²) in [7, 11) is 0. The number of nitrogens with two attached hydrogens (primary N) is 1. The summed E-state index contributed by atoms with van der Waals surface area (Å²) in [5.41, 5.74) is 40.8. The van der Waals surface area contributed by atoms with Crippen LogP contribution in [-0.2, 0) is 54.1 Å². The predicted molar refractivity (Wildman–Crippen MR) is 519 cm³/mol. The zero-order valence-electron chi connectivity index (χ0n) is 77.1. The number of nitrogen functional groups attached to an aromatic ring is 1. The van der Waals surface area contributed by atoms with E-state index in [1.165, 1.54) is 190 Å². The fraction of sp³-hybridized carbons (Fsp3) is 0.429. The monoisotopic (exact) mass is 1650 g/mol. The van der Waals surface area contributed by atoms with Gasteiger partial charge >= 0.3 is 0 Å². The molecule has 2 aliphatic heterocycles. The molecule has 2 fully saturated rings. The molecule has 0 amide bonds. The number of benzene rings is 10. The Morgan fingerprint density at radius 2 is 0.720 bits per heavy atom. The van der Waals surface area contributed by atoms with Gasteiger partial charge in [-0.25, -0.2) is 0 Å². The Morgan fingerprint density at radius 1 is 0.356 bits per heavy atom. The van der Waals surface area contributed by atoms with Crippen LogP contribution in [0.5, 0.6) is 0 Å². The van der Waals surface area contributed by atoms with Crippen LogP contribution in [0.3, 0.4) is 0 Å². The van der Waals surface area contributed by atoms with E-state index in [1.54, 1.807) is 0 Å². The summed E-state index contributed by atoms with van der Waals surface area (Å²) in [6.07, 6.45) is 14.8. The van der Waals surface area contributed by atoms with Gasteiger partial charge in [-0.15, -0.1) is 0 Å². The second-order valence-electron chi connectivity index (χ2n) is 43.9. The SMILES string of the molecule is CC(C)(C)c1ccc(N)c(-c2ccccc2)c1.CC(C)(C)c1ccc2c(c1)C(Br)=CC2(C)C.Cc1cc(Cl)cc(N2c3ccc(C(C)(C)C)cc3C3(C)CCCCC23C)c1.Cc1cc(N(C2=CC(C)(C)c3ccc(C(C)(C)C)cc32)c2ccc(C(C)(C)C)cc2-c2ccccc2)cc(N2c3ccc(C(C)(C)C)cc3C3(C)CCCCC23C)c1. The van der Waals surface area contributed by atoms with Crippen LogP contribution in [0, 0.1) is 13.8 Å². The first-order chi connectivity index (χ1) is 54.8. The van der Waals surface area contributed by atoms with Crippen molar-refractivity contribution < 1.29 is 0 Å². The molecule has 4 nitrogen and oxygen atoms in total. The van der Waals surface area contributed by atoms with E-state index in [1.807, 2.05) is 30.3 Å². The number of hydrogen-bond donors (Lipinski definition) is 1. The molecule has 2 heterocycles. The van der Waals surface area contributed by atoms with Gasteiger partial charge in [0.2, 0.25) is 0 Å². The second-order valence-corrected chi connectivity index (χ2v) is 45.2. The molecule has 620 valence electrons. The number of allylic oxidation sites excluding steroid dienone is 2. The Morgan fingerprint density at radius 3 is 1.18 bits per heavy atom. The van der Waals surface area contributed by atoms with Crippen molar-refractivity contribution in [3.63, 3.8) is 0 Å². The molecule has 0 spiro atoms. The number of fused-ring (bicyclic) bond motifs is 8. The summed E-state index contributed by atoms with van der Waals surface area (Å²) in [5, 5.41) is 0.825. The van der Waals surface area contributed by atoms with Crippen molar-refractivity contribution in [3.8, 4) is 22.3 Å². The Balaban J connectivity index is 0.000000163. The van der Waals surface area contributed by atoms with E-state index >= 15 is 0 Å². The van der Waals surface area contributed by atoms with E-state index in [0.717, 1.165) is 16.3 Å². The van der Waals surface area contributed by atoms with Crippen LogP contribution >= 0.6 is 27.5 Å². The maximum absolute atomic E-state index is 6.47. The molecular weight excluding hydrogens is 1520 g/mol. The van der Waals surface area contributed by atoms with Gasteiger partial charge in [-0.05, 0) is 260 Å². The Hall–Kier alpha value is -8.35. The molecule has 0 aromatic heterocycles. The number of nitrogens with zero attached hydrogens (tertiary/aromatic N) is 3. The molecule has 4 unspecified atom stereocenters. The molecule has 2 N–H and O–H groups in total. The van der Waals surface area contributed by atoms with E-state index in [4.69, 9.17) is 17.3 Å². The van der Waals surface area contributed by atoms with Gasteiger partial charge in [0, 0.05) is 82.0 Å². The lowest BCUT2D eigenvalue weighted by Gasteiger charge is -2.50. The first-order valence-electron chi connectivity index (χ1n) is 44.0. The molecule has 2 saturated carbocycles. The number of hydrogen-bond acceptors (Lipinski definition) is 4. The van der Waals surface area contributed by atoms with Crippen molar-refractivity contribution in [1.82, 2.24) is 0 Å². The van der Waals surface area contributed by atoms with Gasteiger partial charge in [0.05, 0.1) is 22.5 Å². The molecule has 4 aliphatic carbocycles. The van der Waals surface area contributed by atoms with Crippen LogP contribution in [0.1, 0.15) is 309 Å². The molecular formula is C112H138BrClN4. The molecule has 0 bridgehead atoms. The van der Waals surface area contributed by atoms with Crippen LogP contribution < -0.4 is 20.4 Å². The van der Waals surface area contributed by atoms with Crippen molar-refractivity contribution in [2.45, 2.75) is 310 Å². The highest BCUT2D eigenvalue weighted by atomic mass is 79.9. The number of halogens is 2. The summed E-state index contributed by atoms with van der Waals surface area (Å²) < 4.78 is 1.23. The number of aryl methyl sites for hydroxylation is 2. The standard InChI is InChI=1S/C56H68N2.C25H32ClN.C16H19N.C15H19Br/c1-37-30-42(35-43(31-37)58-49-27-24-41(53(8,9)10)34-47(49)55(13)28-18-19-29-56(55,58)14)57(50-36-54(11,12)46-25-22-39(33-45(46)50)51(2,3)4)48-26-23-40(52(5,6)7)32-44(48)38-20-16-15-17-21-38;1-17-13-19(26)16-20(14-17)27-22-10-9-18(23(2,3)4)15-21(22)24(5)11-7-8-12-25(24,27)6;1-16(2,3)13-9-10-15(17)14(11-13)12-7-5-4-6-8-12;1-14(2,3)10-6-7-12-11(8-10)13(16)9-15(12,4)5/h15-17,20-27,30-36H,18-19,28-29H2,1-14H3;9-10,13-16H,7-8,11-12H2,1-6H3;4-11H,17H2,1-3H3;6-9H,1-5H3. The second kappa shape index (κ2) is 31.3. The fourth-order valence-corrected chi connectivity index (χ4v) is 21.3. The van der Waals surface area contributed by atoms with Crippen molar-refractivity contribution in [3.05, 3.63) is 301 Å². The number of rotatable bonds is 7. The third kappa shape index (κ3) is 16.6. The fourth-order valence-electron chi connectivity index (χ4n) is 20.1. The average Bonchev–Trinajstić information content (AvgIpc) is 1.54. The predicted octanol–water partition coefficient (Wildman–Crippen LogP) is 32.7. The molecule has 0 radical (unpaired) electrons. The zero-order valence-corrected chi connectivity index (χ0v) is 79.5. The van der Waals surface area contributed by atoms with E-state index in [-0.39, 0.29) is 65.2 Å². The minimum Gasteiger partial charge on any atom is -0.398 e. The average molecular weight is 1660 g/mol. The quantitative estimate of drug-likeness (QED) is 0.161. The highest BCUT2D eigenvalue weighted by Gasteiger charge is 2.59. The largest absolute Gasteiger partial charge is 0.398 e. The van der Waals surface area contributed by atoms with Crippen LogP contribution in [0.25, 0.3) is 32.4 Å². The van der Waals surface area contributed by atoms with Gasteiger partial charge in [-0.1, -0.05) is 347 Å². The first kappa shape index (κ1) is 87.5. The molecule has 16 rings (SSSR count). The van der Waals surface area contributed by atoms with Crippen molar-refractivity contribution in [1.29, 1.82) is 0 Å². The number of anilines is 7. The van der Waals surface area contributed by atoms with Crippen LogP contribution in [0.15, 0.2) is 218 Å². The molecule has 6 heteroatoms. The normalized spacial score (nSPS) is 20.9. The van der Waals surface area contributed by atoms with Crippen molar-refractivity contribution in [2.24, 2.45) is 0 Å². The maximum atomic E-state index is 6.47. The lowest BCUT2D eigenvalue weighted by atomic mass is 9.61. The Bertz CT molecular complexity index is 5470. The summed E-state index contributed by atoms with van der Waals surface area (Å²) in [6.45, 7) is 65.2. The Labute approximate surface area is 726 Å². The molecule has 10 aromatic rings. The lowest BCUT2D eigenvalue weighted by molar-refractivity contribution is 0.194. The Kier molecular flexibility index (Phi) is 23.2. The minimum absolute atomic E-state index is 0.00428. The zero-order chi connectivity index (χ0) is 86.0. The third-order valence-electron chi connectivity index (χ3n) is 27.9. The lowest BCUT2D eigenvalue weighted by Crippen LogP contribution is -2.54. The minimum atomic E-state index is -0.139. The van der Waals surface area contributed by atoms with Gasteiger partial charge in [0.15, 0.2) is 0 Å². The molecule has 6 aliphatic rings. The first-order valence-corrected chi connectivity index (χ1v) is 45.1. The van der Waals surface area contributed by atoms with Gasteiger partial charge in [-0.3, -0.25) is 0 Å². The van der Waals surface area contributed by atoms with E-state index in [9.17, 15) is 0 Å². The maximum Gasteiger partial charge on any atom is 0.0540 e. The van der Waals surface area contributed by atoms with Crippen molar-refractivity contribution >= 4 is 77.5 Å². The van der Waals surface area contributed by atoms with Crippen LogP contribution in [0.2, 0.25) is 5.02 Å². The van der Waals surface area contributed by atoms with E-state index in [0.29, 0.717) is 0 Å². The van der Waals surface area contributed by atoms with Crippen LogP contribution in [0.4, 0.5) is 39.8 Å². The summed E-state index contributed by atoms with van der Waals surface area (Å²) in [6, 6.07) is 77.5. The van der Waals surface area contributed by atoms with Crippen molar-refractivity contribution in [2.75, 3.05) is 20.4 Å². The van der Waals surface area contributed by atoms with Gasteiger partial charge in [0.1, 0.15) is 0 Å². The summed E-state index contributed by atoms with van der Waals surface area (Å²) >= 11 is 10.1. The third-order valence-corrected chi connectivity index (χ3v) is 28.8. The van der Waals surface area contributed by atoms with Gasteiger partial charge < -0.3 is 20.4 Å². The smallest absolute Gasteiger partial charge is 0.0540 e. The highest BCUT2D eigenvalue weighted by Crippen LogP contribution is 2.64. The van der Waals surface area contributed by atoms with Crippen LogP contribution in [-0.4, -0.2) is 11.1 Å². The molecule has 10 aromatic carbocycles. The summed E-state index contributed by atoms with van der Waals surface area (Å²) in [5.74, 6) is 0.